The smallest absolute Gasteiger partial charge is 0.417 e. The third-order valence-electron chi connectivity index (χ3n) is 2.35. The normalized spacial score (nSPS) is 19.8. The summed E-state index contributed by atoms with van der Waals surface area (Å²) in [6.45, 7) is 3.53. The first-order chi connectivity index (χ1) is 7.59. The Morgan fingerprint density at radius 1 is 1.62 bits per heavy atom. The van der Waals surface area contributed by atoms with E-state index >= 15 is 0 Å². The number of hydrogen-bond acceptors (Lipinski definition) is 4. The first kappa shape index (κ1) is 11.1. The number of imide groups is 1. The first-order valence-corrected chi connectivity index (χ1v) is 6.03. The summed E-state index contributed by atoms with van der Waals surface area (Å²) in [4.78, 5) is 25.3. The highest BCUT2D eigenvalue weighted by molar-refractivity contribution is 7.10. The zero-order chi connectivity index (χ0) is 11.7. The Bertz CT molecular complexity index is 399. The van der Waals surface area contributed by atoms with Crippen LogP contribution in [0.5, 0.6) is 0 Å². The maximum Gasteiger partial charge on any atom is 0.417 e. The molecule has 16 heavy (non-hydrogen) atoms. The van der Waals surface area contributed by atoms with Gasteiger partial charge in [-0.15, -0.1) is 11.3 Å². The monoisotopic (exact) mass is 239 g/mol. The third kappa shape index (κ3) is 1.95. The molecule has 1 aromatic rings. The Morgan fingerprint density at radius 2 is 2.38 bits per heavy atom. The van der Waals surface area contributed by atoms with Gasteiger partial charge in [0.15, 0.2) is 0 Å². The van der Waals surface area contributed by atoms with E-state index in [-0.39, 0.29) is 18.1 Å². The number of thiophene rings is 1. The topological polar surface area (TPSA) is 46.6 Å². The van der Waals surface area contributed by atoms with Gasteiger partial charge in [0.2, 0.25) is 5.91 Å². The molecule has 0 radical (unpaired) electrons. The molecule has 0 bridgehead atoms. The van der Waals surface area contributed by atoms with E-state index in [1.165, 1.54) is 4.90 Å². The van der Waals surface area contributed by atoms with Gasteiger partial charge in [-0.25, -0.2) is 9.69 Å². The van der Waals surface area contributed by atoms with Crippen LogP contribution >= 0.6 is 11.3 Å². The van der Waals surface area contributed by atoms with Crippen LogP contribution in [-0.4, -0.2) is 23.0 Å². The highest BCUT2D eigenvalue weighted by atomic mass is 32.1. The number of nitrogens with zero attached hydrogens (tertiary/aromatic N) is 1. The molecule has 2 heterocycles. The summed E-state index contributed by atoms with van der Waals surface area (Å²) in [7, 11) is 0. The second kappa shape index (κ2) is 4.25. The van der Waals surface area contributed by atoms with Crippen molar-refractivity contribution in [2.24, 2.45) is 0 Å². The lowest BCUT2D eigenvalue weighted by molar-refractivity contribution is -0.143. The molecule has 0 spiro atoms. The largest absolute Gasteiger partial charge is 0.446 e. The molecule has 1 fully saturated rings. The lowest BCUT2D eigenvalue weighted by atomic mass is 10.0. The second-order valence-electron chi connectivity index (χ2n) is 3.93. The van der Waals surface area contributed by atoms with Crippen molar-refractivity contribution in [3.63, 3.8) is 0 Å². The number of likely N-dealkylation sites (tertiary alicyclic amines) is 1. The molecular weight excluding hydrogens is 226 g/mol. The van der Waals surface area contributed by atoms with Gasteiger partial charge < -0.3 is 4.74 Å². The highest BCUT2D eigenvalue weighted by Crippen LogP contribution is 2.37. The van der Waals surface area contributed by atoms with Gasteiger partial charge in [0.1, 0.15) is 0 Å². The number of rotatable bonds is 2. The lowest BCUT2D eigenvalue weighted by Gasteiger charge is -2.37. The minimum Gasteiger partial charge on any atom is -0.446 e. The minimum absolute atomic E-state index is 0.126. The quantitative estimate of drug-likeness (QED) is 0.745. The number of hydrogen-bond donors (Lipinski definition) is 0. The van der Waals surface area contributed by atoms with E-state index in [0.29, 0.717) is 6.42 Å². The van der Waals surface area contributed by atoms with Crippen molar-refractivity contribution in [2.75, 3.05) is 0 Å². The van der Waals surface area contributed by atoms with Crippen LogP contribution in [0.15, 0.2) is 17.5 Å². The Morgan fingerprint density at radius 3 is 2.88 bits per heavy atom. The van der Waals surface area contributed by atoms with Crippen LogP contribution in [0.1, 0.15) is 31.2 Å². The molecule has 0 unspecified atom stereocenters. The molecule has 0 aromatic carbocycles. The van der Waals surface area contributed by atoms with Gasteiger partial charge in [-0.05, 0) is 25.3 Å². The van der Waals surface area contributed by atoms with Crippen LogP contribution in [0.25, 0.3) is 0 Å². The molecule has 0 N–H and O–H groups in total. The summed E-state index contributed by atoms with van der Waals surface area (Å²) in [6, 6.07) is 3.71. The summed E-state index contributed by atoms with van der Waals surface area (Å²) in [5.74, 6) is -0.163. The van der Waals surface area contributed by atoms with Gasteiger partial charge in [0.25, 0.3) is 0 Å². The Kier molecular flexibility index (Phi) is 2.96. The molecule has 5 heteroatoms. The van der Waals surface area contributed by atoms with Crippen LogP contribution in [0.4, 0.5) is 4.79 Å². The molecule has 1 aromatic heterocycles. The Balaban J connectivity index is 2.08. The zero-order valence-electron chi connectivity index (χ0n) is 9.17. The van der Waals surface area contributed by atoms with Crippen molar-refractivity contribution >= 4 is 23.3 Å². The molecule has 1 atom stereocenters. The van der Waals surface area contributed by atoms with Gasteiger partial charge in [0, 0.05) is 4.88 Å². The number of ether oxygens (including phenoxy) is 1. The molecule has 2 rings (SSSR count). The molecule has 4 nitrogen and oxygen atoms in total. The fourth-order valence-electron chi connectivity index (χ4n) is 1.61. The molecule has 2 amide bonds. The third-order valence-corrected chi connectivity index (χ3v) is 3.33. The van der Waals surface area contributed by atoms with Crippen molar-refractivity contribution in [1.82, 2.24) is 4.90 Å². The summed E-state index contributed by atoms with van der Waals surface area (Å²) in [5.41, 5.74) is 0. The fourth-order valence-corrected chi connectivity index (χ4v) is 2.43. The SMILES string of the molecule is CC(C)OC(=O)N1C(=O)C[C@@H]1c1cccs1. The van der Waals surface area contributed by atoms with E-state index in [1.807, 2.05) is 17.5 Å². The standard InChI is InChI=1S/C11H13NO3S/c1-7(2)15-11(14)12-8(6-10(12)13)9-4-3-5-16-9/h3-5,7-8H,6H2,1-2H3/t8-/m1/s1. The molecular formula is C11H13NO3S. The predicted molar refractivity (Wildman–Crippen MR) is 60.1 cm³/mol. The van der Waals surface area contributed by atoms with Gasteiger partial charge in [-0.3, -0.25) is 4.79 Å². The molecule has 1 saturated heterocycles. The molecule has 1 aliphatic heterocycles. The van der Waals surface area contributed by atoms with Crippen molar-refractivity contribution in [2.45, 2.75) is 32.4 Å². The van der Waals surface area contributed by atoms with Crippen LogP contribution in [0.2, 0.25) is 0 Å². The molecule has 1 aliphatic rings. The van der Waals surface area contributed by atoms with Crippen LogP contribution < -0.4 is 0 Å². The van der Waals surface area contributed by atoms with E-state index in [0.717, 1.165) is 4.88 Å². The summed E-state index contributed by atoms with van der Waals surface area (Å²) >= 11 is 1.55. The maximum atomic E-state index is 11.6. The average molecular weight is 239 g/mol. The van der Waals surface area contributed by atoms with E-state index in [1.54, 1.807) is 25.2 Å². The van der Waals surface area contributed by atoms with Crippen molar-refractivity contribution < 1.29 is 14.3 Å². The van der Waals surface area contributed by atoms with E-state index < -0.39 is 6.09 Å². The maximum absolute atomic E-state index is 11.6. The fraction of sp³-hybridized carbons (Fsp3) is 0.455. The molecule has 86 valence electrons. The number of β-lactam (4-membered cyclic amide) rings is 1. The average Bonchev–Trinajstić information content (AvgIpc) is 2.64. The van der Waals surface area contributed by atoms with Crippen molar-refractivity contribution in [1.29, 1.82) is 0 Å². The van der Waals surface area contributed by atoms with E-state index in [9.17, 15) is 9.59 Å². The van der Waals surface area contributed by atoms with Crippen LogP contribution in [0, 0.1) is 0 Å². The van der Waals surface area contributed by atoms with Gasteiger partial charge in [-0.1, -0.05) is 6.07 Å². The van der Waals surface area contributed by atoms with Crippen molar-refractivity contribution in [3.05, 3.63) is 22.4 Å². The van der Waals surface area contributed by atoms with Crippen molar-refractivity contribution in [3.8, 4) is 0 Å². The van der Waals surface area contributed by atoms with Gasteiger partial charge in [0.05, 0.1) is 18.6 Å². The summed E-state index contributed by atoms with van der Waals surface area (Å²) in [6.07, 6.45) is -0.345. The zero-order valence-corrected chi connectivity index (χ0v) is 9.99. The summed E-state index contributed by atoms with van der Waals surface area (Å²) in [5, 5.41) is 1.93. The second-order valence-corrected chi connectivity index (χ2v) is 4.91. The number of amides is 2. The number of carbonyl (C=O) groups is 2. The van der Waals surface area contributed by atoms with Crippen LogP contribution in [-0.2, 0) is 9.53 Å². The predicted octanol–water partition coefficient (Wildman–Crippen LogP) is 2.57. The molecule has 0 aliphatic carbocycles. The van der Waals surface area contributed by atoms with Crippen LogP contribution in [0.3, 0.4) is 0 Å². The Hall–Kier alpha value is -1.36. The summed E-state index contributed by atoms with van der Waals surface area (Å²) < 4.78 is 5.02. The number of carbonyl (C=O) groups excluding carboxylic acids is 2. The first-order valence-electron chi connectivity index (χ1n) is 5.15. The van der Waals surface area contributed by atoms with E-state index in [4.69, 9.17) is 4.74 Å². The van der Waals surface area contributed by atoms with E-state index in [2.05, 4.69) is 0 Å². The minimum atomic E-state index is -0.537. The van der Waals surface area contributed by atoms with Gasteiger partial charge in [-0.2, -0.15) is 0 Å². The lowest BCUT2D eigenvalue weighted by Crippen LogP contribution is -2.50. The Labute approximate surface area is 97.8 Å². The highest BCUT2D eigenvalue weighted by Gasteiger charge is 2.43. The van der Waals surface area contributed by atoms with Gasteiger partial charge >= 0.3 is 6.09 Å². The molecule has 0 saturated carbocycles.